The van der Waals surface area contributed by atoms with Gasteiger partial charge in [0, 0.05) is 44.5 Å². The second-order valence-corrected chi connectivity index (χ2v) is 8.50. The number of nitrogens with one attached hydrogen (secondary N) is 1. The van der Waals surface area contributed by atoms with Gasteiger partial charge in [0.25, 0.3) is 5.91 Å². The lowest BCUT2D eigenvalue weighted by molar-refractivity contribution is 0.0162. The van der Waals surface area contributed by atoms with Gasteiger partial charge in [0.05, 0.1) is 19.3 Å². The smallest absolute Gasteiger partial charge is 0.251 e. The molecule has 3 aromatic carbocycles. The molecule has 3 aromatic rings. The molecule has 0 aliphatic carbocycles. The van der Waals surface area contributed by atoms with Gasteiger partial charge >= 0.3 is 0 Å². The lowest BCUT2D eigenvalue weighted by Crippen LogP contribution is -2.43. The van der Waals surface area contributed by atoms with Gasteiger partial charge in [-0.25, -0.2) is 0 Å². The van der Waals surface area contributed by atoms with E-state index in [2.05, 4.69) is 46.4 Å². The summed E-state index contributed by atoms with van der Waals surface area (Å²) in [5, 5.41) is 5.44. The zero-order chi connectivity index (χ0) is 21.2. The minimum atomic E-state index is -0.0232. The van der Waals surface area contributed by atoms with Crippen LogP contribution in [0, 0.1) is 0 Å². The highest BCUT2D eigenvalue weighted by Gasteiger charge is 2.25. The Balaban J connectivity index is 1.36. The normalized spacial score (nSPS) is 17.5. The largest absolute Gasteiger partial charge is 0.379 e. The highest BCUT2D eigenvalue weighted by molar-refractivity contribution is 5.98. The van der Waals surface area contributed by atoms with E-state index in [1.54, 1.807) is 0 Å². The van der Waals surface area contributed by atoms with Gasteiger partial charge in [0.1, 0.15) is 0 Å². The van der Waals surface area contributed by atoms with E-state index in [4.69, 9.17) is 4.74 Å². The quantitative estimate of drug-likeness (QED) is 0.691. The van der Waals surface area contributed by atoms with E-state index < -0.39 is 0 Å². The maximum absolute atomic E-state index is 13.0. The summed E-state index contributed by atoms with van der Waals surface area (Å²) in [5.74, 6) is -0.0232. The van der Waals surface area contributed by atoms with Gasteiger partial charge in [-0.15, -0.1) is 0 Å². The maximum Gasteiger partial charge on any atom is 0.251 e. The van der Waals surface area contributed by atoms with E-state index in [0.717, 1.165) is 50.0 Å². The molecule has 1 N–H and O–H groups in total. The number of hydrogen-bond donors (Lipinski definition) is 1. The van der Waals surface area contributed by atoms with Crippen molar-refractivity contribution in [2.45, 2.75) is 12.5 Å². The molecule has 0 unspecified atom stereocenters. The summed E-state index contributed by atoms with van der Waals surface area (Å²) < 4.78 is 5.57. The third-order valence-corrected chi connectivity index (χ3v) is 6.57. The number of amides is 1. The third kappa shape index (κ3) is 4.16. The molecule has 0 radical (unpaired) electrons. The second kappa shape index (κ2) is 8.69. The van der Waals surface area contributed by atoms with Crippen molar-refractivity contribution in [3.05, 3.63) is 77.4 Å². The topological polar surface area (TPSA) is 44.8 Å². The summed E-state index contributed by atoms with van der Waals surface area (Å²) in [5.41, 5.74) is 4.70. The number of fused-ring (bicyclic) bond motifs is 2. The standard InChI is InChI=1S/C26H29N3O2/c1-28-11-10-22-17-21(8-9-24(22)28)25(29-12-14-31-15-13-29)18-27-26(30)23-7-6-19-4-2-3-5-20(19)16-23/h2-9,16-17,25H,10-15,18H2,1H3,(H,27,30)/t25-/m1/s1. The summed E-state index contributed by atoms with van der Waals surface area (Å²) in [7, 11) is 2.15. The molecule has 5 heteroatoms. The van der Waals surface area contributed by atoms with Crippen LogP contribution in [0.4, 0.5) is 5.69 Å². The zero-order valence-corrected chi connectivity index (χ0v) is 18.0. The molecular weight excluding hydrogens is 386 g/mol. The van der Waals surface area contributed by atoms with Crippen molar-refractivity contribution < 1.29 is 9.53 Å². The van der Waals surface area contributed by atoms with Crippen LogP contribution in [-0.2, 0) is 11.2 Å². The van der Waals surface area contributed by atoms with Crippen molar-refractivity contribution in [2.24, 2.45) is 0 Å². The number of nitrogens with zero attached hydrogens (tertiary/aromatic N) is 2. The number of carbonyl (C=O) groups excluding carboxylic acids is 1. The number of likely N-dealkylation sites (N-methyl/N-ethyl adjacent to an activating group) is 1. The van der Waals surface area contributed by atoms with Gasteiger partial charge in [-0.05, 0) is 46.5 Å². The Morgan fingerprint density at radius 3 is 2.65 bits per heavy atom. The van der Waals surface area contributed by atoms with Crippen molar-refractivity contribution >= 4 is 22.4 Å². The first kappa shape index (κ1) is 20.0. The fourth-order valence-corrected chi connectivity index (χ4v) is 4.76. The number of rotatable bonds is 5. The molecule has 31 heavy (non-hydrogen) atoms. The SMILES string of the molecule is CN1CCc2cc([C@@H](CNC(=O)c3ccc4ccccc4c3)N3CCOCC3)ccc21. The molecule has 160 valence electrons. The highest BCUT2D eigenvalue weighted by Crippen LogP contribution is 2.31. The van der Waals surface area contributed by atoms with E-state index >= 15 is 0 Å². The fraction of sp³-hybridized carbons (Fsp3) is 0.346. The maximum atomic E-state index is 13.0. The first-order valence-electron chi connectivity index (χ1n) is 11.1. The number of anilines is 1. The van der Waals surface area contributed by atoms with Crippen LogP contribution in [0.3, 0.4) is 0 Å². The Labute approximate surface area is 183 Å². The Bertz CT molecular complexity index is 1090. The van der Waals surface area contributed by atoms with Crippen molar-refractivity contribution in [3.63, 3.8) is 0 Å². The Hall–Kier alpha value is -2.89. The monoisotopic (exact) mass is 415 g/mol. The predicted molar refractivity (Wildman–Crippen MR) is 125 cm³/mol. The summed E-state index contributed by atoms with van der Waals surface area (Å²) >= 11 is 0. The molecule has 1 fully saturated rings. The minimum absolute atomic E-state index is 0.0232. The van der Waals surface area contributed by atoms with Crippen LogP contribution in [0.1, 0.15) is 27.5 Å². The molecule has 2 aliphatic rings. The van der Waals surface area contributed by atoms with Crippen molar-refractivity contribution in [1.29, 1.82) is 0 Å². The van der Waals surface area contributed by atoms with Crippen LogP contribution in [0.25, 0.3) is 10.8 Å². The Morgan fingerprint density at radius 1 is 1.00 bits per heavy atom. The average Bonchev–Trinajstić information content (AvgIpc) is 3.19. The molecule has 2 heterocycles. The molecule has 2 aliphatic heterocycles. The van der Waals surface area contributed by atoms with Crippen LogP contribution >= 0.6 is 0 Å². The zero-order valence-electron chi connectivity index (χ0n) is 18.0. The van der Waals surface area contributed by atoms with Crippen LogP contribution in [0.5, 0.6) is 0 Å². The molecule has 1 atom stereocenters. The summed E-state index contributed by atoms with van der Waals surface area (Å²) in [4.78, 5) is 17.7. The number of morpholine rings is 1. The predicted octanol–water partition coefficient (Wildman–Crippen LogP) is 3.64. The first-order chi connectivity index (χ1) is 15.2. The summed E-state index contributed by atoms with van der Waals surface area (Å²) in [6.07, 6.45) is 1.08. The van der Waals surface area contributed by atoms with Crippen LogP contribution in [0.15, 0.2) is 60.7 Å². The van der Waals surface area contributed by atoms with E-state index in [9.17, 15) is 4.79 Å². The van der Waals surface area contributed by atoms with Crippen molar-refractivity contribution in [2.75, 3.05) is 51.3 Å². The molecule has 1 amide bonds. The van der Waals surface area contributed by atoms with Gasteiger partial charge in [0.15, 0.2) is 0 Å². The molecule has 5 rings (SSSR count). The Morgan fingerprint density at radius 2 is 1.81 bits per heavy atom. The molecule has 0 spiro atoms. The van der Waals surface area contributed by atoms with E-state index in [-0.39, 0.29) is 11.9 Å². The molecule has 1 saturated heterocycles. The lowest BCUT2D eigenvalue weighted by atomic mass is 10.00. The van der Waals surface area contributed by atoms with Gasteiger partial charge in [-0.2, -0.15) is 0 Å². The lowest BCUT2D eigenvalue weighted by Gasteiger charge is -2.35. The van der Waals surface area contributed by atoms with Gasteiger partial charge in [-0.3, -0.25) is 9.69 Å². The van der Waals surface area contributed by atoms with Crippen molar-refractivity contribution in [3.8, 4) is 0 Å². The number of benzene rings is 3. The summed E-state index contributed by atoms with van der Waals surface area (Å²) in [6.45, 7) is 4.90. The minimum Gasteiger partial charge on any atom is -0.379 e. The van der Waals surface area contributed by atoms with E-state index in [1.807, 2.05) is 36.4 Å². The molecule has 0 saturated carbocycles. The van der Waals surface area contributed by atoms with Crippen LogP contribution in [-0.4, -0.2) is 57.2 Å². The van der Waals surface area contributed by atoms with Crippen LogP contribution in [0.2, 0.25) is 0 Å². The average molecular weight is 416 g/mol. The number of hydrogen-bond acceptors (Lipinski definition) is 4. The van der Waals surface area contributed by atoms with Gasteiger partial charge in [-0.1, -0.05) is 42.5 Å². The Kier molecular flexibility index (Phi) is 5.62. The van der Waals surface area contributed by atoms with E-state index in [1.165, 1.54) is 16.8 Å². The van der Waals surface area contributed by atoms with E-state index in [0.29, 0.717) is 12.1 Å². The van der Waals surface area contributed by atoms with Crippen LogP contribution < -0.4 is 10.2 Å². The van der Waals surface area contributed by atoms with Gasteiger partial charge in [0.2, 0.25) is 0 Å². The summed E-state index contributed by atoms with van der Waals surface area (Å²) in [6, 6.07) is 21.0. The second-order valence-electron chi connectivity index (χ2n) is 8.50. The van der Waals surface area contributed by atoms with Crippen molar-refractivity contribution in [1.82, 2.24) is 10.2 Å². The fourth-order valence-electron chi connectivity index (χ4n) is 4.76. The molecule has 0 aromatic heterocycles. The number of ether oxygens (including phenoxy) is 1. The van der Waals surface area contributed by atoms with Gasteiger partial charge < -0.3 is 15.0 Å². The molecule has 5 nitrogen and oxygen atoms in total. The number of carbonyl (C=O) groups is 1. The molecular formula is C26H29N3O2. The third-order valence-electron chi connectivity index (χ3n) is 6.57. The highest BCUT2D eigenvalue weighted by atomic mass is 16.5. The first-order valence-corrected chi connectivity index (χ1v) is 11.1. The molecule has 0 bridgehead atoms.